The Balaban J connectivity index is 1.80. The van der Waals surface area contributed by atoms with E-state index in [0.29, 0.717) is 5.78 Å². The zero-order chi connectivity index (χ0) is 19.2. The van der Waals surface area contributed by atoms with Gasteiger partial charge in [0, 0.05) is 11.5 Å². The summed E-state index contributed by atoms with van der Waals surface area (Å²) >= 11 is 0. The van der Waals surface area contributed by atoms with Crippen LogP contribution in [-0.2, 0) is 0 Å². The standard InChI is InChI=1S/C27H22O/c1-14-12-15(2)22-26-21(14)16(3)13-20-23(17-8-5-4-6-9-17)18-10-7-11-19(18)25(24(20)26)27(22)28/h4-9,11-13,23,25H,10H2,1-3H3. The highest BCUT2D eigenvalue weighted by atomic mass is 16.1. The summed E-state index contributed by atoms with van der Waals surface area (Å²) in [5.41, 5.74) is 11.3. The molecule has 0 radical (unpaired) electrons. The largest absolute Gasteiger partial charge is 0.293 e. The number of ketones is 1. The molecular formula is C27H22O. The average molecular weight is 362 g/mol. The van der Waals surface area contributed by atoms with Crippen LogP contribution in [0.3, 0.4) is 0 Å². The first-order valence-electron chi connectivity index (χ1n) is 10.1. The molecule has 1 nitrogen and oxygen atoms in total. The van der Waals surface area contributed by atoms with Crippen molar-refractivity contribution in [2.75, 3.05) is 0 Å². The smallest absolute Gasteiger partial charge is 0.175 e. The lowest BCUT2D eigenvalue weighted by Gasteiger charge is -2.32. The number of hydrogen-bond acceptors (Lipinski definition) is 1. The molecule has 0 saturated heterocycles. The lowest BCUT2D eigenvalue weighted by atomic mass is 9.70. The number of Topliss-reactive ketones (excluding diaryl/α,β-unsaturated/α-hetero) is 1. The van der Waals surface area contributed by atoms with Gasteiger partial charge in [-0.25, -0.2) is 0 Å². The molecule has 0 N–H and O–H groups in total. The maximum absolute atomic E-state index is 13.7. The van der Waals surface area contributed by atoms with Crippen LogP contribution in [0.5, 0.6) is 0 Å². The quantitative estimate of drug-likeness (QED) is 0.486. The summed E-state index contributed by atoms with van der Waals surface area (Å²) in [7, 11) is 0. The molecule has 6 rings (SSSR count). The van der Waals surface area contributed by atoms with E-state index in [0.717, 1.165) is 17.5 Å². The van der Waals surface area contributed by atoms with E-state index in [2.05, 4.69) is 75.4 Å². The molecule has 0 aromatic heterocycles. The van der Waals surface area contributed by atoms with E-state index in [1.807, 2.05) is 0 Å². The van der Waals surface area contributed by atoms with E-state index in [4.69, 9.17) is 0 Å². The Hall–Kier alpha value is -2.93. The molecule has 3 aromatic rings. The normalized spacial score (nSPS) is 21.8. The van der Waals surface area contributed by atoms with E-state index in [1.165, 1.54) is 49.7 Å². The fraction of sp³-hybridized carbons (Fsp3) is 0.222. The summed E-state index contributed by atoms with van der Waals surface area (Å²) in [4.78, 5) is 13.7. The second kappa shape index (κ2) is 5.32. The summed E-state index contributed by atoms with van der Waals surface area (Å²) in [5, 5.41) is 2.52. The number of benzene rings is 3. The lowest BCUT2D eigenvalue weighted by Crippen LogP contribution is -2.20. The minimum atomic E-state index is -0.109. The van der Waals surface area contributed by atoms with Gasteiger partial charge >= 0.3 is 0 Å². The van der Waals surface area contributed by atoms with Crippen LogP contribution >= 0.6 is 0 Å². The molecule has 3 aliphatic rings. The minimum absolute atomic E-state index is 0.109. The molecule has 0 aliphatic heterocycles. The van der Waals surface area contributed by atoms with Crippen LogP contribution in [0, 0.1) is 20.8 Å². The topological polar surface area (TPSA) is 17.1 Å². The number of aryl methyl sites for hydroxylation is 3. The van der Waals surface area contributed by atoms with Gasteiger partial charge in [0.25, 0.3) is 0 Å². The predicted molar refractivity (Wildman–Crippen MR) is 114 cm³/mol. The van der Waals surface area contributed by atoms with E-state index in [9.17, 15) is 4.79 Å². The molecule has 2 unspecified atom stereocenters. The third-order valence-electron chi connectivity index (χ3n) is 6.97. The van der Waals surface area contributed by atoms with Gasteiger partial charge in [0.05, 0.1) is 5.92 Å². The highest BCUT2D eigenvalue weighted by molar-refractivity contribution is 6.22. The van der Waals surface area contributed by atoms with Crippen molar-refractivity contribution in [3.05, 3.63) is 105 Å². The summed E-state index contributed by atoms with van der Waals surface area (Å²) < 4.78 is 0. The van der Waals surface area contributed by atoms with Gasteiger partial charge in [-0.15, -0.1) is 0 Å². The number of carbonyl (C=O) groups excluding carboxylic acids is 1. The Bertz CT molecular complexity index is 1270. The molecule has 0 spiro atoms. The van der Waals surface area contributed by atoms with Gasteiger partial charge in [0.15, 0.2) is 5.78 Å². The molecule has 0 bridgehead atoms. The third-order valence-corrected chi connectivity index (χ3v) is 6.97. The highest BCUT2D eigenvalue weighted by Crippen LogP contribution is 2.57. The fourth-order valence-corrected chi connectivity index (χ4v) is 6.05. The second-order valence-electron chi connectivity index (χ2n) is 8.56. The van der Waals surface area contributed by atoms with Crippen LogP contribution < -0.4 is 0 Å². The first kappa shape index (κ1) is 16.1. The number of carbonyl (C=O) groups is 1. The van der Waals surface area contributed by atoms with Crippen molar-refractivity contribution in [3.8, 4) is 0 Å². The molecular weight excluding hydrogens is 340 g/mol. The Morgan fingerprint density at radius 2 is 1.61 bits per heavy atom. The molecule has 0 amide bonds. The SMILES string of the molecule is Cc1cc(C)c2c(C)cc3c4c2c1C(=O)C4C1=C(CC=C1)C3c1ccccc1. The van der Waals surface area contributed by atoms with E-state index in [1.54, 1.807) is 0 Å². The second-order valence-corrected chi connectivity index (χ2v) is 8.56. The number of hydrogen-bond donors (Lipinski definition) is 0. The van der Waals surface area contributed by atoms with Crippen LogP contribution in [0.2, 0.25) is 0 Å². The fourth-order valence-electron chi connectivity index (χ4n) is 6.05. The van der Waals surface area contributed by atoms with Gasteiger partial charge in [0.2, 0.25) is 0 Å². The van der Waals surface area contributed by atoms with Crippen molar-refractivity contribution in [1.29, 1.82) is 0 Å². The lowest BCUT2D eigenvalue weighted by molar-refractivity contribution is 0.0979. The monoisotopic (exact) mass is 362 g/mol. The van der Waals surface area contributed by atoms with Gasteiger partial charge in [-0.05, 0) is 76.9 Å². The van der Waals surface area contributed by atoms with E-state index < -0.39 is 0 Å². The van der Waals surface area contributed by atoms with Gasteiger partial charge in [0.1, 0.15) is 0 Å². The molecule has 2 atom stereocenters. The van der Waals surface area contributed by atoms with Crippen LogP contribution in [0.25, 0.3) is 10.8 Å². The van der Waals surface area contributed by atoms with Crippen molar-refractivity contribution in [2.24, 2.45) is 0 Å². The zero-order valence-corrected chi connectivity index (χ0v) is 16.5. The maximum Gasteiger partial charge on any atom is 0.175 e. The first-order chi connectivity index (χ1) is 13.6. The molecule has 0 saturated carbocycles. The molecule has 28 heavy (non-hydrogen) atoms. The summed E-state index contributed by atoms with van der Waals surface area (Å²) in [6.07, 6.45) is 5.41. The molecule has 0 heterocycles. The van der Waals surface area contributed by atoms with Gasteiger partial charge in [-0.2, -0.15) is 0 Å². The van der Waals surface area contributed by atoms with Crippen LogP contribution in [0.15, 0.2) is 65.8 Å². The number of rotatable bonds is 1. The maximum atomic E-state index is 13.7. The average Bonchev–Trinajstić information content (AvgIpc) is 3.26. The van der Waals surface area contributed by atoms with Gasteiger partial charge in [-0.1, -0.05) is 60.2 Å². The summed E-state index contributed by atoms with van der Waals surface area (Å²) in [6, 6.07) is 15.4. The first-order valence-corrected chi connectivity index (χ1v) is 10.1. The Morgan fingerprint density at radius 3 is 2.39 bits per heavy atom. The minimum Gasteiger partial charge on any atom is -0.293 e. The van der Waals surface area contributed by atoms with Crippen molar-refractivity contribution < 1.29 is 4.79 Å². The predicted octanol–water partition coefficient (Wildman–Crippen LogP) is 6.45. The molecule has 3 aromatic carbocycles. The molecule has 0 fully saturated rings. The van der Waals surface area contributed by atoms with E-state index in [-0.39, 0.29) is 11.8 Å². The van der Waals surface area contributed by atoms with Crippen molar-refractivity contribution in [2.45, 2.75) is 39.0 Å². The summed E-state index contributed by atoms with van der Waals surface area (Å²) in [5.74, 6) is 0.442. The van der Waals surface area contributed by atoms with Crippen molar-refractivity contribution >= 4 is 16.6 Å². The Morgan fingerprint density at radius 1 is 0.857 bits per heavy atom. The highest BCUT2D eigenvalue weighted by Gasteiger charge is 2.45. The van der Waals surface area contributed by atoms with Crippen LogP contribution in [-0.4, -0.2) is 5.78 Å². The molecule has 1 heteroatoms. The Kier molecular flexibility index (Phi) is 3.05. The van der Waals surface area contributed by atoms with Crippen molar-refractivity contribution in [1.82, 2.24) is 0 Å². The van der Waals surface area contributed by atoms with Crippen LogP contribution in [0.4, 0.5) is 0 Å². The number of allylic oxidation sites excluding steroid dienone is 4. The zero-order valence-electron chi connectivity index (χ0n) is 16.5. The summed E-state index contributed by atoms with van der Waals surface area (Å²) in [6.45, 7) is 6.49. The van der Waals surface area contributed by atoms with Crippen LogP contribution in [0.1, 0.15) is 62.0 Å². The van der Waals surface area contributed by atoms with Crippen molar-refractivity contribution in [3.63, 3.8) is 0 Å². The molecule has 3 aliphatic carbocycles. The van der Waals surface area contributed by atoms with Gasteiger partial charge in [-0.3, -0.25) is 4.79 Å². The number of fused-ring (bicyclic) bond motifs is 1. The van der Waals surface area contributed by atoms with Gasteiger partial charge < -0.3 is 0 Å². The molecule has 136 valence electrons. The third kappa shape index (κ3) is 1.80. The van der Waals surface area contributed by atoms with E-state index >= 15 is 0 Å². The Labute approximate surface area is 165 Å².